The Balaban J connectivity index is 1.38. The highest BCUT2D eigenvalue weighted by molar-refractivity contribution is 7.16. The summed E-state index contributed by atoms with van der Waals surface area (Å²) in [5.41, 5.74) is 1.57. The molecule has 0 unspecified atom stereocenters. The smallest absolute Gasteiger partial charge is 0.309 e. The van der Waals surface area contributed by atoms with Crippen LogP contribution in [0.4, 0.5) is 5.00 Å². The van der Waals surface area contributed by atoms with Gasteiger partial charge in [-0.2, -0.15) is 5.26 Å². The van der Waals surface area contributed by atoms with Crippen LogP contribution in [-0.2, 0) is 27.2 Å². The first kappa shape index (κ1) is 20.7. The number of ether oxygens (including phenoxy) is 3. The maximum absolute atomic E-state index is 12.1. The number of nitriles is 1. The summed E-state index contributed by atoms with van der Waals surface area (Å²) < 4.78 is 15.8. The van der Waals surface area contributed by atoms with E-state index >= 15 is 0 Å². The van der Waals surface area contributed by atoms with E-state index in [1.165, 1.54) is 11.3 Å². The van der Waals surface area contributed by atoms with Crippen molar-refractivity contribution in [2.24, 2.45) is 0 Å². The van der Waals surface area contributed by atoms with E-state index < -0.39 is 18.5 Å². The molecule has 1 aromatic heterocycles. The van der Waals surface area contributed by atoms with E-state index in [1.807, 2.05) is 6.92 Å². The van der Waals surface area contributed by atoms with Gasteiger partial charge < -0.3 is 19.5 Å². The van der Waals surface area contributed by atoms with E-state index in [-0.39, 0.29) is 13.0 Å². The van der Waals surface area contributed by atoms with Crippen LogP contribution >= 0.6 is 11.3 Å². The van der Waals surface area contributed by atoms with Gasteiger partial charge in [0.1, 0.15) is 22.6 Å². The number of thiophene rings is 1. The van der Waals surface area contributed by atoms with Crippen molar-refractivity contribution in [2.75, 3.05) is 25.1 Å². The van der Waals surface area contributed by atoms with Gasteiger partial charge in [-0.25, -0.2) is 0 Å². The molecule has 2 aromatic rings. The topological polar surface area (TPSA) is 97.7 Å². The van der Waals surface area contributed by atoms with E-state index in [4.69, 9.17) is 14.2 Å². The van der Waals surface area contributed by atoms with Gasteiger partial charge in [0.25, 0.3) is 5.91 Å². The van der Waals surface area contributed by atoms with E-state index in [0.717, 1.165) is 35.5 Å². The number of nitrogens with one attached hydrogen (secondary N) is 1. The third-order valence-corrected chi connectivity index (χ3v) is 5.57. The van der Waals surface area contributed by atoms with Gasteiger partial charge in [0.15, 0.2) is 6.61 Å². The van der Waals surface area contributed by atoms with E-state index in [0.29, 0.717) is 22.9 Å². The molecule has 1 amide bonds. The Bertz CT molecular complexity index is 914. The van der Waals surface area contributed by atoms with E-state index in [1.54, 1.807) is 24.3 Å². The fraction of sp³-hybridized carbons (Fsp3) is 0.381. The van der Waals surface area contributed by atoms with E-state index in [2.05, 4.69) is 11.4 Å². The van der Waals surface area contributed by atoms with Crippen molar-refractivity contribution in [2.45, 2.75) is 32.6 Å². The molecular formula is C21H22N2O5S. The molecule has 1 N–H and O–H groups in total. The SMILES string of the molecule is CCOc1ccc(OCCC(=O)OCC(=O)Nc2sc3c(c2C#N)CCC3)cc1. The number of carbonyl (C=O) groups is 2. The molecular weight excluding hydrogens is 392 g/mol. The van der Waals surface area contributed by atoms with Crippen molar-refractivity contribution in [1.82, 2.24) is 0 Å². The standard InChI is InChI=1S/C21H22N2O5S/c1-2-26-14-6-8-15(9-7-14)27-11-10-20(25)28-13-19(24)23-21-17(12-22)16-4-3-5-18(16)29-21/h6-9H,2-5,10-11,13H2,1H3,(H,23,24). The molecule has 0 bridgehead atoms. The fourth-order valence-corrected chi connectivity index (χ4v) is 4.30. The highest BCUT2D eigenvalue weighted by Gasteiger charge is 2.23. The predicted octanol–water partition coefficient (Wildman–Crippen LogP) is 3.46. The average Bonchev–Trinajstić information content (AvgIpc) is 3.28. The molecule has 8 heteroatoms. The van der Waals surface area contributed by atoms with Crippen LogP contribution in [0.25, 0.3) is 0 Å². The van der Waals surface area contributed by atoms with Crippen LogP contribution in [0, 0.1) is 11.3 Å². The van der Waals surface area contributed by atoms with Crippen molar-refractivity contribution in [3.05, 3.63) is 40.3 Å². The number of benzene rings is 1. The predicted molar refractivity (Wildman–Crippen MR) is 108 cm³/mol. The summed E-state index contributed by atoms with van der Waals surface area (Å²) in [6.07, 6.45) is 2.87. The number of carbonyl (C=O) groups excluding carboxylic acids is 2. The number of aryl methyl sites for hydroxylation is 1. The largest absolute Gasteiger partial charge is 0.494 e. The lowest BCUT2D eigenvalue weighted by Gasteiger charge is -2.08. The second-order valence-corrected chi connectivity index (χ2v) is 7.49. The summed E-state index contributed by atoms with van der Waals surface area (Å²) in [6, 6.07) is 9.26. The molecule has 1 aromatic carbocycles. The first-order valence-electron chi connectivity index (χ1n) is 9.46. The van der Waals surface area contributed by atoms with Crippen molar-refractivity contribution < 1.29 is 23.8 Å². The fourth-order valence-electron chi connectivity index (χ4n) is 3.04. The highest BCUT2D eigenvalue weighted by Crippen LogP contribution is 2.38. The Labute approximate surface area is 173 Å². The Morgan fingerprint density at radius 3 is 2.59 bits per heavy atom. The summed E-state index contributed by atoms with van der Waals surface area (Å²) in [4.78, 5) is 25.0. The highest BCUT2D eigenvalue weighted by atomic mass is 32.1. The van der Waals surface area contributed by atoms with Crippen LogP contribution in [0.2, 0.25) is 0 Å². The second-order valence-electron chi connectivity index (χ2n) is 6.39. The molecule has 3 rings (SSSR count). The first-order valence-corrected chi connectivity index (χ1v) is 10.3. The maximum atomic E-state index is 12.1. The zero-order chi connectivity index (χ0) is 20.6. The first-order chi connectivity index (χ1) is 14.1. The van der Waals surface area contributed by atoms with Gasteiger partial charge in [0, 0.05) is 4.88 Å². The van der Waals surface area contributed by atoms with Crippen molar-refractivity contribution in [3.63, 3.8) is 0 Å². The number of fused-ring (bicyclic) bond motifs is 1. The number of esters is 1. The minimum absolute atomic E-state index is 0.0250. The Morgan fingerprint density at radius 1 is 1.17 bits per heavy atom. The van der Waals surface area contributed by atoms with Gasteiger partial charge >= 0.3 is 5.97 Å². The van der Waals surface area contributed by atoms with E-state index in [9.17, 15) is 14.9 Å². The molecule has 0 radical (unpaired) electrons. The van der Waals surface area contributed by atoms with Crippen LogP contribution in [0.15, 0.2) is 24.3 Å². The van der Waals surface area contributed by atoms with Gasteiger partial charge in [-0.1, -0.05) is 0 Å². The summed E-state index contributed by atoms with van der Waals surface area (Å²) in [7, 11) is 0. The molecule has 1 heterocycles. The van der Waals surface area contributed by atoms with Crippen LogP contribution in [0.1, 0.15) is 35.8 Å². The molecule has 0 spiro atoms. The normalized spacial score (nSPS) is 12.0. The molecule has 1 aliphatic carbocycles. The third kappa shape index (κ3) is 5.48. The van der Waals surface area contributed by atoms with Gasteiger partial charge in [-0.05, 0) is 56.0 Å². The van der Waals surface area contributed by atoms with Crippen LogP contribution < -0.4 is 14.8 Å². The number of rotatable bonds is 9. The summed E-state index contributed by atoms with van der Waals surface area (Å²) in [6.45, 7) is 2.25. The molecule has 0 saturated carbocycles. The van der Waals surface area contributed by atoms with Gasteiger partial charge in [-0.3, -0.25) is 9.59 Å². The molecule has 0 aliphatic heterocycles. The lowest BCUT2D eigenvalue weighted by Crippen LogP contribution is -2.21. The Hall–Kier alpha value is -3.05. The van der Waals surface area contributed by atoms with Gasteiger partial charge in [0.05, 0.1) is 25.2 Å². The average molecular weight is 414 g/mol. The number of hydrogen-bond donors (Lipinski definition) is 1. The molecule has 0 atom stereocenters. The number of amides is 1. The molecule has 152 valence electrons. The third-order valence-electron chi connectivity index (χ3n) is 4.36. The van der Waals surface area contributed by atoms with Crippen LogP contribution in [0.3, 0.4) is 0 Å². The van der Waals surface area contributed by atoms with Gasteiger partial charge in [0.2, 0.25) is 0 Å². The summed E-state index contributed by atoms with van der Waals surface area (Å²) in [5, 5.41) is 12.6. The molecule has 1 aliphatic rings. The maximum Gasteiger partial charge on any atom is 0.309 e. The Morgan fingerprint density at radius 2 is 1.90 bits per heavy atom. The monoisotopic (exact) mass is 414 g/mol. The molecule has 0 saturated heterocycles. The van der Waals surface area contributed by atoms with Crippen molar-refractivity contribution in [1.29, 1.82) is 5.26 Å². The zero-order valence-corrected chi connectivity index (χ0v) is 17.0. The minimum Gasteiger partial charge on any atom is -0.494 e. The summed E-state index contributed by atoms with van der Waals surface area (Å²) >= 11 is 1.43. The quantitative estimate of drug-likeness (QED) is 0.631. The molecule has 7 nitrogen and oxygen atoms in total. The lowest BCUT2D eigenvalue weighted by molar-refractivity contribution is -0.147. The number of anilines is 1. The second kappa shape index (κ2) is 9.94. The lowest BCUT2D eigenvalue weighted by atomic mass is 10.1. The number of nitrogens with zero attached hydrogens (tertiary/aromatic N) is 1. The molecule has 0 fully saturated rings. The van der Waals surface area contributed by atoms with Crippen molar-refractivity contribution >= 4 is 28.2 Å². The minimum atomic E-state index is -0.528. The molecule has 29 heavy (non-hydrogen) atoms. The van der Waals surface area contributed by atoms with Crippen molar-refractivity contribution in [3.8, 4) is 17.6 Å². The van der Waals surface area contributed by atoms with Gasteiger partial charge in [-0.15, -0.1) is 11.3 Å². The Kier molecular flexibility index (Phi) is 7.09. The zero-order valence-electron chi connectivity index (χ0n) is 16.2. The summed E-state index contributed by atoms with van der Waals surface area (Å²) in [5.74, 6) is 0.386. The van der Waals surface area contributed by atoms with Crippen LogP contribution in [-0.4, -0.2) is 31.7 Å². The van der Waals surface area contributed by atoms with Crippen LogP contribution in [0.5, 0.6) is 11.5 Å². The number of hydrogen-bond acceptors (Lipinski definition) is 7.